The number of carbonyl (C=O) groups is 1. The molecule has 0 aliphatic carbocycles. The third kappa shape index (κ3) is 5.60. The number of hydrogen-bond donors (Lipinski definition) is 4. The van der Waals surface area contributed by atoms with E-state index < -0.39 is 0 Å². The van der Waals surface area contributed by atoms with Crippen LogP contribution in [0, 0.1) is 0 Å². The standard InChI is InChI=1S/C27H29ClN6O3/c28-19-5-3-4-18(14-19)22-15-29-34-13-10-24(31-26(22)34)27(37)32-23-6-1-2-7-25(23)33-11-8-20(9-12-33)30-21(16-35)17-36/h1-7,10,13-15,20-21,30,35-36H,8-9,11-12,16-17H2,(H,32,37). The van der Waals surface area contributed by atoms with Crippen LogP contribution in [0.4, 0.5) is 11.4 Å². The first-order valence-corrected chi connectivity index (χ1v) is 12.7. The molecule has 0 spiro atoms. The fourth-order valence-corrected chi connectivity index (χ4v) is 4.87. The summed E-state index contributed by atoms with van der Waals surface area (Å²) in [4.78, 5) is 20.1. The molecule has 2 aromatic carbocycles. The van der Waals surface area contributed by atoms with Crippen molar-refractivity contribution in [3.8, 4) is 11.1 Å². The normalized spacial score (nSPS) is 14.4. The summed E-state index contributed by atoms with van der Waals surface area (Å²) in [6.07, 6.45) is 5.17. The zero-order chi connectivity index (χ0) is 25.8. The number of nitrogens with zero attached hydrogens (tertiary/aromatic N) is 4. The van der Waals surface area contributed by atoms with Crippen LogP contribution >= 0.6 is 11.6 Å². The number of amides is 1. The molecule has 1 fully saturated rings. The molecular weight excluding hydrogens is 492 g/mol. The average molecular weight is 521 g/mol. The van der Waals surface area contributed by atoms with E-state index in [0.29, 0.717) is 16.4 Å². The number of aromatic nitrogens is 3. The van der Waals surface area contributed by atoms with Gasteiger partial charge in [0.25, 0.3) is 5.91 Å². The van der Waals surface area contributed by atoms with Crippen molar-refractivity contribution in [3.63, 3.8) is 0 Å². The van der Waals surface area contributed by atoms with Gasteiger partial charge in [-0.05, 0) is 48.7 Å². The minimum atomic E-state index is -0.307. The minimum Gasteiger partial charge on any atom is -0.395 e. The summed E-state index contributed by atoms with van der Waals surface area (Å²) < 4.78 is 1.64. The van der Waals surface area contributed by atoms with Crippen molar-refractivity contribution in [2.45, 2.75) is 24.9 Å². The lowest BCUT2D eigenvalue weighted by atomic mass is 10.0. The van der Waals surface area contributed by atoms with Gasteiger partial charge in [0.15, 0.2) is 5.65 Å². The molecule has 2 aromatic heterocycles. The van der Waals surface area contributed by atoms with Crippen molar-refractivity contribution in [1.82, 2.24) is 19.9 Å². The highest BCUT2D eigenvalue weighted by Crippen LogP contribution is 2.29. The van der Waals surface area contributed by atoms with Crippen molar-refractivity contribution in [2.75, 3.05) is 36.5 Å². The number of nitrogens with one attached hydrogen (secondary N) is 2. The highest BCUT2D eigenvalue weighted by Gasteiger charge is 2.23. The zero-order valence-electron chi connectivity index (χ0n) is 20.2. The summed E-state index contributed by atoms with van der Waals surface area (Å²) in [5, 5.41) is 30.0. The van der Waals surface area contributed by atoms with Crippen LogP contribution in [0.1, 0.15) is 23.3 Å². The molecule has 5 rings (SSSR count). The Labute approximate surface area is 219 Å². The summed E-state index contributed by atoms with van der Waals surface area (Å²) in [5.74, 6) is -0.307. The van der Waals surface area contributed by atoms with E-state index in [1.54, 1.807) is 29.0 Å². The van der Waals surface area contributed by atoms with Gasteiger partial charge in [0.1, 0.15) is 5.69 Å². The second kappa shape index (κ2) is 11.3. The van der Waals surface area contributed by atoms with Gasteiger partial charge in [-0.15, -0.1) is 0 Å². The lowest BCUT2D eigenvalue weighted by molar-refractivity contribution is 0.102. The molecule has 192 valence electrons. The van der Waals surface area contributed by atoms with Gasteiger partial charge in [-0.2, -0.15) is 5.10 Å². The maximum atomic E-state index is 13.3. The smallest absolute Gasteiger partial charge is 0.274 e. The molecule has 1 amide bonds. The third-order valence-corrected chi connectivity index (χ3v) is 6.87. The van der Waals surface area contributed by atoms with Gasteiger partial charge in [0, 0.05) is 35.9 Å². The van der Waals surface area contributed by atoms with Gasteiger partial charge >= 0.3 is 0 Å². The lowest BCUT2D eigenvalue weighted by Gasteiger charge is -2.36. The Morgan fingerprint density at radius 3 is 2.62 bits per heavy atom. The van der Waals surface area contributed by atoms with Crippen LogP contribution in [-0.4, -0.2) is 69.1 Å². The summed E-state index contributed by atoms with van der Waals surface area (Å²) in [6, 6.07) is 16.8. The number of anilines is 2. The van der Waals surface area contributed by atoms with Crippen LogP contribution in [0.2, 0.25) is 5.02 Å². The number of piperidine rings is 1. The Bertz CT molecular complexity index is 1380. The van der Waals surface area contributed by atoms with Crippen LogP contribution in [0.25, 0.3) is 16.8 Å². The van der Waals surface area contributed by atoms with Gasteiger partial charge in [0.2, 0.25) is 0 Å². The molecule has 0 atom stereocenters. The first-order chi connectivity index (χ1) is 18.1. The van der Waals surface area contributed by atoms with Gasteiger partial charge < -0.3 is 25.7 Å². The van der Waals surface area contributed by atoms with Gasteiger partial charge in [0.05, 0.1) is 36.8 Å². The second-order valence-electron chi connectivity index (χ2n) is 9.11. The van der Waals surface area contributed by atoms with E-state index in [0.717, 1.165) is 42.7 Å². The maximum Gasteiger partial charge on any atom is 0.274 e. The van der Waals surface area contributed by atoms with Crippen molar-refractivity contribution in [1.29, 1.82) is 0 Å². The number of benzene rings is 2. The van der Waals surface area contributed by atoms with E-state index >= 15 is 0 Å². The maximum absolute atomic E-state index is 13.3. The number of carbonyl (C=O) groups excluding carboxylic acids is 1. The van der Waals surface area contributed by atoms with Gasteiger partial charge in [-0.1, -0.05) is 35.9 Å². The number of fused-ring (bicyclic) bond motifs is 1. The first-order valence-electron chi connectivity index (χ1n) is 12.3. The Morgan fingerprint density at radius 2 is 1.86 bits per heavy atom. The topological polar surface area (TPSA) is 115 Å². The quantitative estimate of drug-likeness (QED) is 0.282. The molecule has 4 N–H and O–H groups in total. The first kappa shape index (κ1) is 25.2. The predicted octanol–water partition coefficient (Wildman–Crippen LogP) is 3.21. The SMILES string of the molecule is O=C(Nc1ccccc1N1CCC(NC(CO)CO)CC1)c1ccn2ncc(-c3cccc(Cl)c3)c2n1. The van der Waals surface area contributed by atoms with Crippen molar-refractivity contribution >= 4 is 34.5 Å². The van der Waals surface area contributed by atoms with E-state index in [1.807, 2.05) is 42.5 Å². The molecule has 9 nitrogen and oxygen atoms in total. The van der Waals surface area contributed by atoms with E-state index in [4.69, 9.17) is 11.6 Å². The number of aliphatic hydroxyl groups is 2. The summed E-state index contributed by atoms with van der Waals surface area (Å²) in [5.41, 5.74) is 4.18. The van der Waals surface area contributed by atoms with Gasteiger partial charge in [-0.3, -0.25) is 4.79 Å². The molecule has 37 heavy (non-hydrogen) atoms. The molecule has 1 saturated heterocycles. The van der Waals surface area contributed by atoms with E-state index in [-0.39, 0.29) is 36.9 Å². The molecule has 0 radical (unpaired) electrons. The fourth-order valence-electron chi connectivity index (χ4n) is 4.68. The van der Waals surface area contributed by atoms with Crippen LogP contribution in [0.5, 0.6) is 0 Å². The summed E-state index contributed by atoms with van der Waals surface area (Å²) in [6.45, 7) is 1.39. The van der Waals surface area contributed by atoms with Crippen LogP contribution in [0.3, 0.4) is 0 Å². The number of halogens is 1. The molecule has 0 unspecified atom stereocenters. The van der Waals surface area contributed by atoms with Crippen molar-refractivity contribution < 1.29 is 15.0 Å². The monoisotopic (exact) mass is 520 g/mol. The number of hydrogen-bond acceptors (Lipinski definition) is 7. The lowest BCUT2D eigenvalue weighted by Crippen LogP contribution is -2.48. The predicted molar refractivity (Wildman–Crippen MR) is 144 cm³/mol. The van der Waals surface area contributed by atoms with E-state index in [1.165, 1.54) is 0 Å². The molecular formula is C27H29ClN6O3. The molecule has 3 heterocycles. The summed E-state index contributed by atoms with van der Waals surface area (Å²) >= 11 is 6.17. The number of para-hydroxylation sites is 2. The van der Waals surface area contributed by atoms with Crippen molar-refractivity contribution in [3.05, 3.63) is 77.7 Å². The highest BCUT2D eigenvalue weighted by atomic mass is 35.5. The minimum absolute atomic E-state index is 0.0920. The third-order valence-electron chi connectivity index (χ3n) is 6.64. The van der Waals surface area contributed by atoms with Gasteiger partial charge in [-0.25, -0.2) is 9.50 Å². The Kier molecular flexibility index (Phi) is 7.66. The zero-order valence-corrected chi connectivity index (χ0v) is 21.0. The van der Waals surface area contributed by atoms with Crippen LogP contribution in [0.15, 0.2) is 67.0 Å². The van der Waals surface area contributed by atoms with E-state index in [9.17, 15) is 15.0 Å². The Morgan fingerprint density at radius 1 is 1.08 bits per heavy atom. The van der Waals surface area contributed by atoms with Crippen LogP contribution in [-0.2, 0) is 0 Å². The summed E-state index contributed by atoms with van der Waals surface area (Å²) in [7, 11) is 0. The largest absolute Gasteiger partial charge is 0.395 e. The van der Waals surface area contributed by atoms with Crippen LogP contribution < -0.4 is 15.5 Å². The highest BCUT2D eigenvalue weighted by molar-refractivity contribution is 6.30. The number of rotatable bonds is 8. The molecule has 0 bridgehead atoms. The van der Waals surface area contributed by atoms with E-state index in [2.05, 4.69) is 25.6 Å². The second-order valence-corrected chi connectivity index (χ2v) is 9.55. The molecule has 1 aliphatic rings. The fraction of sp³-hybridized carbons (Fsp3) is 0.296. The Hall–Kier alpha value is -3.50. The van der Waals surface area contributed by atoms with Crippen molar-refractivity contribution in [2.24, 2.45) is 0 Å². The Balaban J connectivity index is 1.32. The molecule has 0 saturated carbocycles. The molecule has 10 heteroatoms. The molecule has 4 aromatic rings. The molecule has 1 aliphatic heterocycles. The average Bonchev–Trinajstić information content (AvgIpc) is 3.36. The number of aliphatic hydroxyl groups excluding tert-OH is 2.